The average molecular weight is 288 g/mol. The maximum Gasteiger partial charge on any atom is 0.167 e. The van der Waals surface area contributed by atoms with Crippen LogP contribution in [0.15, 0.2) is 30.3 Å². The number of anilines is 1. The van der Waals surface area contributed by atoms with Gasteiger partial charge < -0.3 is 10.5 Å². The van der Waals surface area contributed by atoms with Crippen LogP contribution in [0.4, 0.5) is 18.9 Å². The summed E-state index contributed by atoms with van der Waals surface area (Å²) in [5.74, 6) is -2.50. The Labute approximate surface area is 112 Å². The normalized spacial score (nSPS) is 10.5. The van der Waals surface area contributed by atoms with E-state index in [1.165, 1.54) is 18.2 Å². The van der Waals surface area contributed by atoms with Gasteiger partial charge in [-0.05, 0) is 18.2 Å². The largest absolute Gasteiger partial charge is 0.486 e. The fourth-order valence-electron chi connectivity index (χ4n) is 1.46. The van der Waals surface area contributed by atoms with E-state index in [2.05, 4.69) is 0 Å². The van der Waals surface area contributed by atoms with Crippen LogP contribution in [0.25, 0.3) is 0 Å². The molecule has 0 heterocycles. The second-order valence-electron chi connectivity index (χ2n) is 3.83. The number of halogens is 4. The maximum atomic E-state index is 13.4. The minimum atomic E-state index is -0.818. The van der Waals surface area contributed by atoms with Crippen molar-refractivity contribution < 1.29 is 17.9 Å². The molecule has 0 unspecified atom stereocenters. The molecule has 0 fully saturated rings. The standard InChI is InChI=1S/C13H9ClF3NO/c14-8-1-2-9(15)7(3-8)6-19-13-5-10(16)12(18)4-11(13)17/h1-5H,6,18H2. The molecule has 19 heavy (non-hydrogen) atoms. The van der Waals surface area contributed by atoms with E-state index in [9.17, 15) is 13.2 Å². The molecule has 100 valence electrons. The predicted molar refractivity (Wildman–Crippen MR) is 66.5 cm³/mol. The fourth-order valence-corrected chi connectivity index (χ4v) is 1.66. The maximum absolute atomic E-state index is 13.4. The van der Waals surface area contributed by atoms with Crippen molar-refractivity contribution in [2.24, 2.45) is 0 Å². The molecule has 2 rings (SSSR count). The molecule has 0 aliphatic heterocycles. The third-order valence-corrected chi connectivity index (χ3v) is 2.68. The first-order valence-electron chi connectivity index (χ1n) is 5.28. The number of nitrogen functional groups attached to an aromatic ring is 1. The highest BCUT2D eigenvalue weighted by Gasteiger charge is 2.10. The summed E-state index contributed by atoms with van der Waals surface area (Å²) >= 11 is 5.70. The molecule has 0 aromatic heterocycles. The van der Waals surface area contributed by atoms with E-state index < -0.39 is 17.5 Å². The molecule has 0 aliphatic carbocycles. The third-order valence-electron chi connectivity index (χ3n) is 2.44. The summed E-state index contributed by atoms with van der Waals surface area (Å²) in [6.45, 7) is -0.271. The lowest BCUT2D eigenvalue weighted by Gasteiger charge is -2.09. The Balaban J connectivity index is 2.19. The fraction of sp³-hybridized carbons (Fsp3) is 0.0769. The summed E-state index contributed by atoms with van der Waals surface area (Å²) in [6.07, 6.45) is 0. The Kier molecular flexibility index (Phi) is 3.85. The average Bonchev–Trinajstić information content (AvgIpc) is 2.36. The molecule has 0 saturated carbocycles. The summed E-state index contributed by atoms with van der Waals surface area (Å²) < 4.78 is 45.0. The van der Waals surface area contributed by atoms with Crippen molar-refractivity contribution in [2.45, 2.75) is 6.61 Å². The van der Waals surface area contributed by atoms with Crippen LogP contribution in [0.5, 0.6) is 5.75 Å². The van der Waals surface area contributed by atoms with Gasteiger partial charge in [0.1, 0.15) is 18.2 Å². The van der Waals surface area contributed by atoms with Gasteiger partial charge >= 0.3 is 0 Å². The molecule has 0 radical (unpaired) electrons. The van der Waals surface area contributed by atoms with Crippen LogP contribution in [-0.4, -0.2) is 0 Å². The Morgan fingerprint density at radius 3 is 2.47 bits per heavy atom. The molecule has 0 bridgehead atoms. The number of rotatable bonds is 3. The first-order chi connectivity index (χ1) is 8.97. The lowest BCUT2D eigenvalue weighted by Crippen LogP contribution is -2.02. The molecule has 0 amide bonds. The zero-order valence-corrected chi connectivity index (χ0v) is 10.3. The van der Waals surface area contributed by atoms with E-state index in [0.717, 1.165) is 12.1 Å². The molecule has 0 aliphatic rings. The van der Waals surface area contributed by atoms with Crippen molar-refractivity contribution in [1.29, 1.82) is 0 Å². The van der Waals surface area contributed by atoms with Gasteiger partial charge in [0.15, 0.2) is 11.6 Å². The molecule has 0 atom stereocenters. The Morgan fingerprint density at radius 2 is 1.74 bits per heavy atom. The van der Waals surface area contributed by atoms with Crippen molar-refractivity contribution in [3.63, 3.8) is 0 Å². The van der Waals surface area contributed by atoms with E-state index in [0.29, 0.717) is 5.02 Å². The predicted octanol–water partition coefficient (Wildman–Crippen LogP) is 3.92. The van der Waals surface area contributed by atoms with Gasteiger partial charge in [-0.2, -0.15) is 0 Å². The number of nitrogens with two attached hydrogens (primary N) is 1. The first-order valence-corrected chi connectivity index (χ1v) is 5.66. The Hall–Kier alpha value is -1.88. The van der Waals surface area contributed by atoms with Gasteiger partial charge in [0, 0.05) is 22.7 Å². The number of hydrogen-bond acceptors (Lipinski definition) is 2. The van der Waals surface area contributed by atoms with E-state index in [-0.39, 0.29) is 23.6 Å². The second kappa shape index (κ2) is 5.40. The highest BCUT2D eigenvalue weighted by molar-refractivity contribution is 6.30. The van der Waals surface area contributed by atoms with Crippen LogP contribution in [0, 0.1) is 17.5 Å². The quantitative estimate of drug-likeness (QED) is 0.869. The van der Waals surface area contributed by atoms with Crippen LogP contribution in [0.1, 0.15) is 5.56 Å². The van der Waals surface area contributed by atoms with Gasteiger partial charge in [0.05, 0.1) is 5.69 Å². The van der Waals surface area contributed by atoms with Crippen molar-refractivity contribution in [2.75, 3.05) is 5.73 Å². The zero-order valence-electron chi connectivity index (χ0n) is 9.59. The molecule has 0 spiro atoms. The van der Waals surface area contributed by atoms with Gasteiger partial charge in [-0.1, -0.05) is 11.6 Å². The molecule has 2 N–H and O–H groups in total. The topological polar surface area (TPSA) is 35.2 Å². The van der Waals surface area contributed by atoms with Crippen LogP contribution in [0.2, 0.25) is 5.02 Å². The summed E-state index contributed by atoms with van der Waals surface area (Å²) in [5.41, 5.74) is 5.01. The molecular weight excluding hydrogens is 279 g/mol. The molecule has 2 aromatic rings. The van der Waals surface area contributed by atoms with Crippen LogP contribution >= 0.6 is 11.6 Å². The molecule has 2 aromatic carbocycles. The SMILES string of the molecule is Nc1cc(F)c(OCc2cc(Cl)ccc2F)cc1F. The van der Waals surface area contributed by atoms with Gasteiger partial charge in [0.2, 0.25) is 0 Å². The van der Waals surface area contributed by atoms with E-state index in [4.69, 9.17) is 22.1 Å². The van der Waals surface area contributed by atoms with Gasteiger partial charge in [-0.15, -0.1) is 0 Å². The van der Waals surface area contributed by atoms with Crippen LogP contribution < -0.4 is 10.5 Å². The molecule has 0 saturated heterocycles. The summed E-state index contributed by atoms with van der Waals surface area (Å²) in [7, 11) is 0. The first kappa shape index (κ1) is 13.5. The number of hydrogen-bond donors (Lipinski definition) is 1. The summed E-state index contributed by atoms with van der Waals surface area (Å²) in [4.78, 5) is 0. The van der Waals surface area contributed by atoms with E-state index in [1.54, 1.807) is 0 Å². The number of ether oxygens (including phenoxy) is 1. The third kappa shape index (κ3) is 3.12. The van der Waals surface area contributed by atoms with Crippen molar-refractivity contribution in [1.82, 2.24) is 0 Å². The smallest absolute Gasteiger partial charge is 0.167 e. The lowest BCUT2D eigenvalue weighted by atomic mass is 10.2. The molecule has 2 nitrogen and oxygen atoms in total. The minimum Gasteiger partial charge on any atom is -0.486 e. The van der Waals surface area contributed by atoms with Gasteiger partial charge in [-0.3, -0.25) is 0 Å². The highest BCUT2D eigenvalue weighted by Crippen LogP contribution is 2.24. The lowest BCUT2D eigenvalue weighted by molar-refractivity contribution is 0.283. The highest BCUT2D eigenvalue weighted by atomic mass is 35.5. The van der Waals surface area contributed by atoms with Crippen molar-refractivity contribution in [3.8, 4) is 5.75 Å². The summed E-state index contributed by atoms with van der Waals surface area (Å²) in [5, 5.41) is 0.323. The Morgan fingerprint density at radius 1 is 1.00 bits per heavy atom. The van der Waals surface area contributed by atoms with Gasteiger partial charge in [0.25, 0.3) is 0 Å². The zero-order chi connectivity index (χ0) is 14.0. The van der Waals surface area contributed by atoms with Crippen molar-refractivity contribution in [3.05, 3.63) is 58.4 Å². The van der Waals surface area contributed by atoms with E-state index >= 15 is 0 Å². The van der Waals surface area contributed by atoms with Gasteiger partial charge in [-0.25, -0.2) is 13.2 Å². The molecule has 6 heteroatoms. The van der Waals surface area contributed by atoms with Crippen molar-refractivity contribution >= 4 is 17.3 Å². The van der Waals surface area contributed by atoms with E-state index in [1.807, 2.05) is 0 Å². The Bertz CT molecular complexity index is 619. The number of benzene rings is 2. The van der Waals surface area contributed by atoms with Crippen LogP contribution in [0.3, 0.4) is 0 Å². The second-order valence-corrected chi connectivity index (χ2v) is 4.26. The van der Waals surface area contributed by atoms with Crippen LogP contribution in [-0.2, 0) is 6.61 Å². The monoisotopic (exact) mass is 287 g/mol. The minimum absolute atomic E-state index is 0.143. The summed E-state index contributed by atoms with van der Waals surface area (Å²) in [6, 6.07) is 5.51. The molecular formula is C13H9ClF3NO.